The minimum atomic E-state index is -4.22. The van der Waals surface area contributed by atoms with E-state index in [1.807, 2.05) is 62.4 Å². The number of nitrogens with zero attached hydrogens (tertiary/aromatic N) is 2. The standard InChI is InChI=1S/C36H40ClN3O5S/c1-4-5-21-38-36(42)34(24-28-12-7-6-8-13-28)39(25-29-14-10-16-32(23-29)45-3)35(41)26-40(31-15-9-11-27(2)22-31)46(43,44)33-19-17-30(37)18-20-33/h6-20,22-23,34H,4-5,21,24-26H2,1-3H3,(H,38,42)/t34-/m1/s1. The Morgan fingerprint density at radius 3 is 2.26 bits per heavy atom. The molecule has 0 aromatic heterocycles. The molecule has 0 aliphatic rings. The first-order valence-electron chi connectivity index (χ1n) is 15.2. The van der Waals surface area contributed by atoms with E-state index in [1.165, 1.54) is 29.2 Å². The fourth-order valence-corrected chi connectivity index (χ4v) is 6.61. The van der Waals surface area contributed by atoms with Crippen LogP contribution in [0.2, 0.25) is 5.02 Å². The predicted octanol–water partition coefficient (Wildman–Crippen LogP) is 6.41. The maximum Gasteiger partial charge on any atom is 0.264 e. The van der Waals surface area contributed by atoms with Crippen molar-refractivity contribution in [1.82, 2.24) is 10.2 Å². The largest absolute Gasteiger partial charge is 0.497 e. The van der Waals surface area contributed by atoms with Crippen LogP contribution in [0.5, 0.6) is 5.75 Å². The average molecular weight is 662 g/mol. The lowest BCUT2D eigenvalue weighted by molar-refractivity contribution is -0.140. The Hall–Kier alpha value is -4.34. The van der Waals surface area contributed by atoms with Crippen molar-refractivity contribution in [3.05, 3.63) is 125 Å². The van der Waals surface area contributed by atoms with Crippen LogP contribution in [0, 0.1) is 6.92 Å². The molecular formula is C36H40ClN3O5S. The molecule has 0 aliphatic heterocycles. The number of aryl methyl sites for hydroxylation is 1. The van der Waals surface area contributed by atoms with Crippen molar-refractivity contribution in [1.29, 1.82) is 0 Å². The molecule has 0 saturated carbocycles. The summed E-state index contributed by atoms with van der Waals surface area (Å²) in [5, 5.41) is 3.39. The highest BCUT2D eigenvalue weighted by molar-refractivity contribution is 7.92. The second-order valence-corrected chi connectivity index (χ2v) is 13.3. The number of amides is 2. The first-order chi connectivity index (χ1) is 22.1. The van der Waals surface area contributed by atoms with E-state index >= 15 is 0 Å². The third kappa shape index (κ3) is 9.11. The minimum absolute atomic E-state index is 0.0105. The molecule has 0 bridgehead atoms. The van der Waals surface area contributed by atoms with Crippen molar-refractivity contribution in [3.63, 3.8) is 0 Å². The van der Waals surface area contributed by atoms with E-state index < -0.39 is 28.5 Å². The molecular weight excluding hydrogens is 622 g/mol. The van der Waals surface area contributed by atoms with Crippen molar-refractivity contribution in [2.24, 2.45) is 0 Å². The summed E-state index contributed by atoms with van der Waals surface area (Å²) in [4.78, 5) is 29.9. The highest BCUT2D eigenvalue weighted by Gasteiger charge is 2.34. The number of methoxy groups -OCH3 is 1. The topological polar surface area (TPSA) is 96.0 Å². The van der Waals surface area contributed by atoms with Crippen LogP contribution in [0.25, 0.3) is 0 Å². The molecule has 0 fully saturated rings. The minimum Gasteiger partial charge on any atom is -0.497 e. The van der Waals surface area contributed by atoms with Crippen LogP contribution in [-0.2, 0) is 32.6 Å². The van der Waals surface area contributed by atoms with Gasteiger partial charge in [-0.15, -0.1) is 0 Å². The Morgan fingerprint density at radius 2 is 1.59 bits per heavy atom. The Balaban J connectivity index is 1.80. The molecule has 10 heteroatoms. The van der Waals surface area contributed by atoms with Crippen LogP contribution < -0.4 is 14.4 Å². The summed E-state index contributed by atoms with van der Waals surface area (Å²) in [6.07, 6.45) is 1.92. The molecule has 0 spiro atoms. The summed E-state index contributed by atoms with van der Waals surface area (Å²) in [6, 6.07) is 28.6. The number of nitrogens with one attached hydrogen (secondary N) is 1. The van der Waals surface area contributed by atoms with Crippen LogP contribution >= 0.6 is 11.6 Å². The highest BCUT2D eigenvalue weighted by atomic mass is 35.5. The van der Waals surface area contributed by atoms with Gasteiger partial charge in [-0.25, -0.2) is 8.42 Å². The number of rotatable bonds is 15. The van der Waals surface area contributed by atoms with Crippen molar-refractivity contribution < 1.29 is 22.7 Å². The van der Waals surface area contributed by atoms with Gasteiger partial charge in [0.25, 0.3) is 10.0 Å². The Kier molecular flexibility index (Phi) is 12.2. The molecule has 8 nitrogen and oxygen atoms in total. The maximum atomic E-state index is 14.6. The van der Waals surface area contributed by atoms with Crippen molar-refractivity contribution in [2.75, 3.05) is 24.5 Å². The molecule has 1 atom stereocenters. The van der Waals surface area contributed by atoms with Gasteiger partial charge < -0.3 is 15.0 Å². The summed E-state index contributed by atoms with van der Waals surface area (Å²) in [6.45, 7) is 3.86. The average Bonchev–Trinajstić information content (AvgIpc) is 3.05. The van der Waals surface area contributed by atoms with Gasteiger partial charge in [0.1, 0.15) is 18.3 Å². The number of carbonyl (C=O) groups excluding carboxylic acids is 2. The number of unbranched alkanes of at least 4 members (excludes halogenated alkanes) is 1. The van der Waals surface area contributed by atoms with Gasteiger partial charge in [-0.3, -0.25) is 13.9 Å². The first-order valence-corrected chi connectivity index (χ1v) is 17.0. The summed E-state index contributed by atoms with van der Waals surface area (Å²) < 4.78 is 34.8. The Bertz CT molecular complexity index is 1720. The zero-order valence-electron chi connectivity index (χ0n) is 26.4. The van der Waals surface area contributed by atoms with Crippen molar-refractivity contribution in [2.45, 2.75) is 50.6 Å². The predicted molar refractivity (Wildman–Crippen MR) is 183 cm³/mol. The van der Waals surface area contributed by atoms with Crippen molar-refractivity contribution >= 4 is 39.1 Å². The number of hydrogen-bond donors (Lipinski definition) is 1. The van der Waals surface area contributed by atoms with E-state index in [4.69, 9.17) is 16.3 Å². The molecule has 0 saturated heterocycles. The number of carbonyl (C=O) groups is 2. The third-order valence-corrected chi connectivity index (χ3v) is 9.60. The zero-order chi connectivity index (χ0) is 33.1. The maximum absolute atomic E-state index is 14.6. The lowest BCUT2D eigenvalue weighted by Gasteiger charge is -2.34. The van der Waals surface area contributed by atoms with Gasteiger partial charge in [0, 0.05) is 24.5 Å². The summed E-state index contributed by atoms with van der Waals surface area (Å²) in [5.74, 6) is -0.242. The molecule has 4 aromatic carbocycles. The van der Waals surface area contributed by atoms with Gasteiger partial charge in [0.15, 0.2) is 0 Å². The zero-order valence-corrected chi connectivity index (χ0v) is 27.9. The SMILES string of the molecule is CCCCNC(=O)[C@@H](Cc1ccccc1)N(Cc1cccc(OC)c1)C(=O)CN(c1cccc(C)c1)S(=O)(=O)c1ccc(Cl)cc1. The van der Waals surface area contributed by atoms with Crippen LogP contribution in [0.1, 0.15) is 36.5 Å². The normalized spacial score (nSPS) is 11.8. The molecule has 46 heavy (non-hydrogen) atoms. The molecule has 1 N–H and O–H groups in total. The van der Waals surface area contributed by atoms with Crippen molar-refractivity contribution in [3.8, 4) is 5.75 Å². The molecule has 4 rings (SSSR count). The van der Waals surface area contributed by atoms with E-state index in [0.29, 0.717) is 23.0 Å². The van der Waals surface area contributed by atoms with Gasteiger partial charge in [-0.05, 0) is 78.6 Å². The Morgan fingerprint density at radius 1 is 0.891 bits per heavy atom. The second kappa shape index (κ2) is 16.3. The first kappa shape index (κ1) is 34.5. The van der Waals surface area contributed by atoms with Crippen LogP contribution in [0.3, 0.4) is 0 Å². The van der Waals surface area contributed by atoms with E-state index in [9.17, 15) is 18.0 Å². The molecule has 242 valence electrons. The lowest BCUT2D eigenvalue weighted by atomic mass is 10.0. The summed E-state index contributed by atoms with van der Waals surface area (Å²) >= 11 is 6.06. The summed E-state index contributed by atoms with van der Waals surface area (Å²) in [5.41, 5.74) is 2.75. The van der Waals surface area contributed by atoms with Gasteiger partial charge in [-0.2, -0.15) is 0 Å². The summed E-state index contributed by atoms with van der Waals surface area (Å²) in [7, 11) is -2.66. The van der Waals surface area contributed by atoms with Crippen LogP contribution in [-0.4, -0.2) is 51.4 Å². The van der Waals surface area contributed by atoms with Gasteiger partial charge in [0.05, 0.1) is 17.7 Å². The molecule has 0 heterocycles. The van der Waals surface area contributed by atoms with E-state index in [1.54, 1.807) is 37.4 Å². The Labute approximate surface area is 277 Å². The number of benzene rings is 4. The molecule has 4 aromatic rings. The lowest BCUT2D eigenvalue weighted by Crippen LogP contribution is -2.53. The number of anilines is 1. The highest BCUT2D eigenvalue weighted by Crippen LogP contribution is 2.27. The second-order valence-electron chi connectivity index (χ2n) is 11.0. The van der Waals surface area contributed by atoms with E-state index in [0.717, 1.165) is 33.8 Å². The third-order valence-electron chi connectivity index (χ3n) is 7.56. The molecule has 0 unspecified atom stereocenters. The molecule has 0 aliphatic carbocycles. The van der Waals surface area contributed by atoms with E-state index in [-0.39, 0.29) is 23.8 Å². The quantitative estimate of drug-likeness (QED) is 0.149. The van der Waals surface area contributed by atoms with E-state index in [2.05, 4.69) is 5.32 Å². The molecule has 0 radical (unpaired) electrons. The van der Waals surface area contributed by atoms with Crippen LogP contribution in [0.15, 0.2) is 108 Å². The number of ether oxygens (including phenoxy) is 1. The van der Waals surface area contributed by atoms with Gasteiger partial charge in [-0.1, -0.05) is 79.5 Å². The fourth-order valence-electron chi connectivity index (χ4n) is 5.07. The molecule has 2 amide bonds. The van der Waals surface area contributed by atoms with Gasteiger partial charge in [0.2, 0.25) is 11.8 Å². The number of hydrogen-bond acceptors (Lipinski definition) is 5. The fraction of sp³-hybridized carbons (Fsp3) is 0.278. The van der Waals surface area contributed by atoms with Gasteiger partial charge >= 0.3 is 0 Å². The van der Waals surface area contributed by atoms with Crippen LogP contribution in [0.4, 0.5) is 5.69 Å². The smallest absolute Gasteiger partial charge is 0.264 e. The number of halogens is 1. The monoisotopic (exact) mass is 661 g/mol. The number of sulfonamides is 1.